The van der Waals surface area contributed by atoms with E-state index in [-0.39, 0.29) is 0 Å². The number of rotatable bonds is 1. The van der Waals surface area contributed by atoms with Gasteiger partial charge in [-0.1, -0.05) is 18.2 Å². The monoisotopic (exact) mass is 270 g/mol. The maximum atomic E-state index is 11.3. The largest absolute Gasteiger partial charge is 0.493 e. The van der Waals surface area contributed by atoms with Crippen LogP contribution in [0.25, 0.3) is 0 Å². The van der Waals surface area contributed by atoms with Crippen molar-refractivity contribution in [3.63, 3.8) is 0 Å². The van der Waals surface area contributed by atoms with Gasteiger partial charge in [0.1, 0.15) is 17.1 Å². The number of para-hydroxylation sites is 1. The average molecular weight is 270 g/mol. The van der Waals surface area contributed by atoms with Crippen LogP contribution in [0.4, 0.5) is 0 Å². The van der Waals surface area contributed by atoms with E-state index in [0.29, 0.717) is 0 Å². The van der Waals surface area contributed by atoms with Crippen LogP contribution < -0.4 is 4.74 Å². The molecule has 1 atom stereocenters. The second kappa shape index (κ2) is 4.38. The predicted octanol–water partition coefficient (Wildman–Crippen LogP) is 3.18. The predicted molar refractivity (Wildman–Crippen MR) is 74.9 cm³/mol. The van der Waals surface area contributed by atoms with Gasteiger partial charge in [-0.3, -0.25) is 0 Å². The van der Waals surface area contributed by atoms with E-state index in [4.69, 9.17) is 9.15 Å². The summed E-state index contributed by atoms with van der Waals surface area (Å²) in [4.78, 5) is 0. The highest BCUT2D eigenvalue weighted by molar-refractivity contribution is 5.51. The summed E-state index contributed by atoms with van der Waals surface area (Å²) < 4.78 is 11.4. The molecule has 1 unspecified atom stereocenters. The van der Waals surface area contributed by atoms with Crippen LogP contribution in [0.2, 0.25) is 0 Å². The number of ether oxygens (including phenoxy) is 1. The fourth-order valence-corrected chi connectivity index (χ4v) is 3.54. The molecule has 0 fully saturated rings. The minimum absolute atomic E-state index is 0.722. The summed E-state index contributed by atoms with van der Waals surface area (Å²) in [6.45, 7) is 0.734. The summed E-state index contributed by atoms with van der Waals surface area (Å²) in [5.74, 6) is 1.79. The maximum absolute atomic E-state index is 11.3. The summed E-state index contributed by atoms with van der Waals surface area (Å²) in [6.07, 6.45) is 6.31. The molecule has 1 aliphatic carbocycles. The lowest BCUT2D eigenvalue weighted by Gasteiger charge is -2.35. The minimum atomic E-state index is -0.969. The Morgan fingerprint density at radius 2 is 2.00 bits per heavy atom. The number of fused-ring (bicyclic) bond motifs is 2. The summed E-state index contributed by atoms with van der Waals surface area (Å²) in [7, 11) is 0. The molecule has 104 valence electrons. The van der Waals surface area contributed by atoms with Crippen LogP contribution in [0.5, 0.6) is 5.75 Å². The topological polar surface area (TPSA) is 42.6 Å². The van der Waals surface area contributed by atoms with Gasteiger partial charge >= 0.3 is 0 Å². The molecule has 2 aromatic rings. The van der Waals surface area contributed by atoms with Crippen molar-refractivity contribution in [2.24, 2.45) is 0 Å². The molecule has 0 radical (unpaired) electrons. The van der Waals surface area contributed by atoms with Gasteiger partial charge in [0.05, 0.1) is 12.9 Å². The maximum Gasteiger partial charge on any atom is 0.128 e. The van der Waals surface area contributed by atoms with Crippen molar-refractivity contribution in [3.8, 4) is 5.75 Å². The molecule has 2 heterocycles. The first-order valence-corrected chi connectivity index (χ1v) is 7.33. The van der Waals surface area contributed by atoms with E-state index in [1.165, 1.54) is 5.56 Å². The molecular formula is C17H18O3. The molecule has 4 rings (SSSR count). The lowest BCUT2D eigenvalue weighted by Crippen LogP contribution is -2.32. The quantitative estimate of drug-likeness (QED) is 0.865. The van der Waals surface area contributed by atoms with Crippen LogP contribution in [-0.2, 0) is 18.4 Å². The van der Waals surface area contributed by atoms with Crippen molar-refractivity contribution in [1.82, 2.24) is 0 Å². The van der Waals surface area contributed by atoms with E-state index in [1.807, 2.05) is 18.2 Å². The fourth-order valence-electron chi connectivity index (χ4n) is 3.54. The lowest BCUT2D eigenvalue weighted by atomic mass is 9.77. The highest BCUT2D eigenvalue weighted by atomic mass is 16.5. The molecule has 0 bridgehead atoms. The third-order valence-corrected chi connectivity index (χ3v) is 4.51. The number of benzene rings is 1. The fraction of sp³-hybridized carbons (Fsp3) is 0.412. The summed E-state index contributed by atoms with van der Waals surface area (Å²) >= 11 is 0. The first kappa shape index (κ1) is 12.0. The number of aliphatic hydroxyl groups is 1. The Bertz CT molecular complexity index is 643. The Hall–Kier alpha value is -1.74. The third kappa shape index (κ3) is 1.63. The van der Waals surface area contributed by atoms with Gasteiger partial charge in [-0.2, -0.15) is 0 Å². The summed E-state index contributed by atoms with van der Waals surface area (Å²) in [5, 5.41) is 11.3. The Kier molecular flexibility index (Phi) is 2.64. The van der Waals surface area contributed by atoms with Gasteiger partial charge in [0.2, 0.25) is 0 Å². The molecule has 3 nitrogen and oxygen atoms in total. The van der Waals surface area contributed by atoms with E-state index in [2.05, 4.69) is 6.07 Å². The molecule has 0 saturated carbocycles. The van der Waals surface area contributed by atoms with Crippen molar-refractivity contribution in [2.45, 2.75) is 37.7 Å². The van der Waals surface area contributed by atoms with Crippen molar-refractivity contribution in [2.75, 3.05) is 6.61 Å². The molecule has 1 aromatic carbocycles. The second-order valence-corrected chi connectivity index (χ2v) is 5.72. The highest BCUT2D eigenvalue weighted by Crippen LogP contribution is 2.46. The molecule has 0 saturated heterocycles. The number of hydrogen-bond acceptors (Lipinski definition) is 3. The molecule has 0 amide bonds. The zero-order chi connectivity index (χ0) is 13.6. The van der Waals surface area contributed by atoms with Crippen LogP contribution in [0.1, 0.15) is 41.7 Å². The Morgan fingerprint density at radius 3 is 2.95 bits per heavy atom. The zero-order valence-corrected chi connectivity index (χ0v) is 11.4. The molecular weight excluding hydrogens is 252 g/mol. The van der Waals surface area contributed by atoms with E-state index < -0.39 is 5.60 Å². The summed E-state index contributed by atoms with van der Waals surface area (Å²) in [5.41, 5.74) is 2.05. The average Bonchev–Trinajstić information content (AvgIpc) is 2.97. The Labute approximate surface area is 118 Å². The molecule has 2 aliphatic rings. The second-order valence-electron chi connectivity index (χ2n) is 5.72. The molecule has 0 spiro atoms. The third-order valence-electron chi connectivity index (χ3n) is 4.51. The van der Waals surface area contributed by atoms with Gasteiger partial charge in [-0.15, -0.1) is 0 Å². The molecule has 1 aromatic heterocycles. The molecule has 3 heteroatoms. The van der Waals surface area contributed by atoms with E-state index in [1.54, 1.807) is 6.26 Å². The molecule has 20 heavy (non-hydrogen) atoms. The molecule has 1 N–H and O–H groups in total. The van der Waals surface area contributed by atoms with Gasteiger partial charge in [-0.25, -0.2) is 0 Å². The number of furan rings is 1. The van der Waals surface area contributed by atoms with Crippen molar-refractivity contribution < 1.29 is 14.3 Å². The van der Waals surface area contributed by atoms with E-state index >= 15 is 0 Å². The van der Waals surface area contributed by atoms with Crippen LogP contribution in [-0.4, -0.2) is 11.7 Å². The van der Waals surface area contributed by atoms with Crippen LogP contribution in [0.15, 0.2) is 34.9 Å². The van der Waals surface area contributed by atoms with Crippen molar-refractivity contribution >= 4 is 0 Å². The SMILES string of the molecule is OC1(c2cccc3c2OCCC3)CCCc2occc21. The smallest absolute Gasteiger partial charge is 0.128 e. The minimum Gasteiger partial charge on any atom is -0.493 e. The standard InChI is InChI=1S/C17H18O3/c18-17(9-2-7-15-13(17)8-11-19-15)14-6-1-4-12-5-3-10-20-16(12)14/h1,4,6,8,11,18H,2-3,5,7,9-10H2. The Balaban J connectivity index is 1.90. The van der Waals surface area contributed by atoms with Crippen LogP contribution in [0, 0.1) is 0 Å². The number of hydrogen-bond donors (Lipinski definition) is 1. The van der Waals surface area contributed by atoms with Gasteiger partial charge in [0, 0.05) is 17.5 Å². The van der Waals surface area contributed by atoms with Crippen LogP contribution in [0.3, 0.4) is 0 Å². The van der Waals surface area contributed by atoms with Crippen molar-refractivity contribution in [3.05, 3.63) is 53.0 Å². The van der Waals surface area contributed by atoms with Gasteiger partial charge in [-0.05, 0) is 37.3 Å². The van der Waals surface area contributed by atoms with Gasteiger partial charge in [0.15, 0.2) is 0 Å². The van der Waals surface area contributed by atoms with Gasteiger partial charge < -0.3 is 14.3 Å². The first-order valence-electron chi connectivity index (χ1n) is 7.33. The normalized spacial score (nSPS) is 24.6. The van der Waals surface area contributed by atoms with Crippen LogP contribution >= 0.6 is 0 Å². The lowest BCUT2D eigenvalue weighted by molar-refractivity contribution is 0.0549. The van der Waals surface area contributed by atoms with Gasteiger partial charge in [0.25, 0.3) is 0 Å². The first-order chi connectivity index (χ1) is 9.79. The van der Waals surface area contributed by atoms with E-state index in [0.717, 1.165) is 61.3 Å². The van der Waals surface area contributed by atoms with Crippen molar-refractivity contribution in [1.29, 1.82) is 0 Å². The Morgan fingerprint density at radius 1 is 1.05 bits per heavy atom. The molecule has 1 aliphatic heterocycles. The summed E-state index contributed by atoms with van der Waals surface area (Å²) in [6, 6.07) is 8.01. The zero-order valence-electron chi connectivity index (χ0n) is 11.4. The highest BCUT2D eigenvalue weighted by Gasteiger charge is 2.40. The van der Waals surface area contributed by atoms with E-state index in [9.17, 15) is 5.11 Å². The number of aryl methyl sites for hydroxylation is 2.